The summed E-state index contributed by atoms with van der Waals surface area (Å²) in [5, 5.41) is 10.5. The zero-order valence-corrected chi connectivity index (χ0v) is 23.8. The summed E-state index contributed by atoms with van der Waals surface area (Å²) in [6.07, 6.45) is 1.93. The molecule has 1 atom stereocenters. The van der Waals surface area contributed by atoms with Crippen LogP contribution in [0.5, 0.6) is 17.2 Å². The van der Waals surface area contributed by atoms with E-state index >= 15 is 0 Å². The number of ether oxygens (including phenoxy) is 3. The maximum Gasteiger partial charge on any atom is 0.161 e. The van der Waals surface area contributed by atoms with Crippen molar-refractivity contribution in [1.29, 1.82) is 0 Å². The Kier molecular flexibility index (Phi) is 10.8. The van der Waals surface area contributed by atoms with E-state index in [0.717, 1.165) is 37.0 Å². The minimum atomic E-state index is -0.632. The van der Waals surface area contributed by atoms with Crippen LogP contribution < -0.4 is 14.2 Å². The highest BCUT2D eigenvalue weighted by atomic mass is 79.9. The van der Waals surface area contributed by atoms with E-state index in [1.54, 1.807) is 7.11 Å². The maximum atomic E-state index is 10.5. The third kappa shape index (κ3) is 8.40. The number of benzene rings is 2. The van der Waals surface area contributed by atoms with Crippen molar-refractivity contribution >= 4 is 47.8 Å². The second-order valence-electron chi connectivity index (χ2n) is 8.24. The lowest BCUT2D eigenvalue weighted by Gasteiger charge is -2.22. The second kappa shape index (κ2) is 13.3. The van der Waals surface area contributed by atoms with Crippen molar-refractivity contribution in [1.82, 2.24) is 9.80 Å². The first-order valence-electron chi connectivity index (χ1n) is 11.0. The van der Waals surface area contributed by atoms with Gasteiger partial charge >= 0.3 is 0 Å². The van der Waals surface area contributed by atoms with Crippen LogP contribution in [0.2, 0.25) is 0 Å². The Labute approximate surface area is 221 Å². The van der Waals surface area contributed by atoms with Crippen molar-refractivity contribution in [3.05, 3.63) is 49.3 Å². The molecule has 0 radical (unpaired) electrons. The summed E-state index contributed by atoms with van der Waals surface area (Å²) in [6, 6.07) is 9.83. The lowest BCUT2D eigenvalue weighted by atomic mass is 10.2. The quantitative estimate of drug-likeness (QED) is 0.335. The lowest BCUT2D eigenvalue weighted by Crippen LogP contribution is -2.32. The molecular formula is C24H31Br3N2O4. The Morgan fingerprint density at radius 3 is 2.39 bits per heavy atom. The highest BCUT2D eigenvalue weighted by Gasteiger charge is 2.15. The zero-order valence-electron chi connectivity index (χ0n) is 19.0. The Bertz CT molecular complexity index is 886. The molecule has 9 heteroatoms. The van der Waals surface area contributed by atoms with E-state index in [4.69, 9.17) is 14.2 Å². The topological polar surface area (TPSA) is 54.4 Å². The van der Waals surface area contributed by atoms with Crippen LogP contribution in [0.15, 0.2) is 43.7 Å². The third-order valence-electron chi connectivity index (χ3n) is 5.45. The van der Waals surface area contributed by atoms with Crippen LogP contribution in [0.3, 0.4) is 0 Å². The molecule has 0 spiro atoms. The molecule has 0 bridgehead atoms. The molecule has 1 unspecified atom stereocenters. The molecule has 0 aromatic heterocycles. The van der Waals surface area contributed by atoms with Crippen molar-refractivity contribution in [2.45, 2.75) is 25.5 Å². The van der Waals surface area contributed by atoms with Gasteiger partial charge in [-0.25, -0.2) is 0 Å². The van der Waals surface area contributed by atoms with Crippen LogP contribution >= 0.6 is 47.8 Å². The number of aliphatic hydroxyl groups excluding tert-OH is 1. The van der Waals surface area contributed by atoms with Gasteiger partial charge in [0.25, 0.3) is 0 Å². The van der Waals surface area contributed by atoms with E-state index in [2.05, 4.69) is 57.6 Å². The third-order valence-corrected chi connectivity index (χ3v) is 7.09. The molecule has 0 saturated carbocycles. The summed E-state index contributed by atoms with van der Waals surface area (Å²) in [7, 11) is 3.64. The van der Waals surface area contributed by atoms with Gasteiger partial charge in [0.05, 0.1) is 16.1 Å². The molecule has 0 amide bonds. The molecule has 1 aliphatic heterocycles. The second-order valence-corrected chi connectivity index (χ2v) is 10.9. The number of methoxy groups -OCH3 is 1. The molecule has 33 heavy (non-hydrogen) atoms. The Morgan fingerprint density at radius 1 is 1.03 bits per heavy atom. The standard InChI is InChI=1S/C24H31Br3N2O4/c1-28(15-19(30)16-33-24-20(26)12-18(25)13-21(24)27)14-17-5-6-22(23(11-17)31-2)32-10-9-29-7-3-4-8-29/h5-6,11-13,19,30H,3-4,7-10,14-16H2,1-2H3. The fourth-order valence-electron chi connectivity index (χ4n) is 3.86. The maximum absolute atomic E-state index is 10.5. The number of halogens is 3. The average Bonchev–Trinajstić information content (AvgIpc) is 3.27. The predicted octanol–water partition coefficient (Wildman–Crippen LogP) is 5.33. The average molecular weight is 651 g/mol. The Hall–Kier alpha value is -0.840. The van der Waals surface area contributed by atoms with Gasteiger partial charge in [0.2, 0.25) is 0 Å². The van der Waals surface area contributed by atoms with Crippen LogP contribution in [-0.2, 0) is 6.54 Å². The minimum absolute atomic E-state index is 0.191. The van der Waals surface area contributed by atoms with Crippen molar-refractivity contribution in [3.63, 3.8) is 0 Å². The molecule has 6 nitrogen and oxygen atoms in total. The number of aliphatic hydroxyl groups is 1. The highest BCUT2D eigenvalue weighted by molar-refractivity contribution is 9.11. The van der Waals surface area contributed by atoms with Crippen LogP contribution in [0.1, 0.15) is 18.4 Å². The highest BCUT2D eigenvalue weighted by Crippen LogP contribution is 2.36. The van der Waals surface area contributed by atoms with Gasteiger partial charge in [0.1, 0.15) is 25.1 Å². The predicted molar refractivity (Wildman–Crippen MR) is 142 cm³/mol. The van der Waals surface area contributed by atoms with Crippen LogP contribution in [0, 0.1) is 0 Å². The first-order chi connectivity index (χ1) is 15.9. The molecule has 2 aromatic rings. The fraction of sp³-hybridized carbons (Fsp3) is 0.500. The smallest absolute Gasteiger partial charge is 0.161 e. The van der Waals surface area contributed by atoms with Crippen molar-refractivity contribution in [2.75, 3.05) is 53.6 Å². The molecule has 2 aromatic carbocycles. The molecule has 182 valence electrons. The number of nitrogens with zero attached hydrogens (tertiary/aromatic N) is 2. The number of likely N-dealkylation sites (tertiary alicyclic amines) is 1. The molecule has 0 aliphatic carbocycles. The largest absolute Gasteiger partial charge is 0.493 e. The van der Waals surface area contributed by atoms with Gasteiger partial charge in [-0.05, 0) is 94.7 Å². The Balaban J connectivity index is 1.47. The zero-order chi connectivity index (χ0) is 23.8. The van der Waals surface area contributed by atoms with Gasteiger partial charge in [-0.1, -0.05) is 22.0 Å². The van der Waals surface area contributed by atoms with Gasteiger partial charge in [0, 0.05) is 24.1 Å². The van der Waals surface area contributed by atoms with Crippen molar-refractivity contribution < 1.29 is 19.3 Å². The fourth-order valence-corrected chi connectivity index (χ4v) is 6.34. The molecule has 1 saturated heterocycles. The molecule has 1 N–H and O–H groups in total. The first kappa shape index (κ1) is 26.8. The van der Waals surface area contributed by atoms with E-state index in [0.29, 0.717) is 25.4 Å². The number of rotatable bonds is 12. The summed E-state index contributed by atoms with van der Waals surface area (Å²) >= 11 is 10.4. The van der Waals surface area contributed by atoms with E-state index in [-0.39, 0.29) is 6.61 Å². The molecular weight excluding hydrogens is 620 g/mol. The lowest BCUT2D eigenvalue weighted by molar-refractivity contribution is 0.0738. The summed E-state index contributed by atoms with van der Waals surface area (Å²) in [6.45, 7) is 5.28. The van der Waals surface area contributed by atoms with Crippen LogP contribution in [-0.4, -0.2) is 74.6 Å². The molecule has 1 aliphatic rings. The van der Waals surface area contributed by atoms with E-state index in [1.807, 2.05) is 37.4 Å². The number of hydrogen-bond donors (Lipinski definition) is 1. The summed E-state index contributed by atoms with van der Waals surface area (Å²) < 4.78 is 19.9. The van der Waals surface area contributed by atoms with Gasteiger partial charge < -0.3 is 19.3 Å². The monoisotopic (exact) mass is 648 g/mol. The van der Waals surface area contributed by atoms with E-state index < -0.39 is 6.10 Å². The first-order valence-corrected chi connectivity index (χ1v) is 13.4. The Morgan fingerprint density at radius 2 is 1.73 bits per heavy atom. The summed E-state index contributed by atoms with van der Waals surface area (Å²) in [5.41, 5.74) is 1.09. The van der Waals surface area contributed by atoms with Crippen LogP contribution in [0.4, 0.5) is 0 Å². The van der Waals surface area contributed by atoms with Crippen LogP contribution in [0.25, 0.3) is 0 Å². The van der Waals surface area contributed by atoms with Gasteiger partial charge in [-0.2, -0.15) is 0 Å². The number of hydrogen-bond acceptors (Lipinski definition) is 6. The SMILES string of the molecule is COc1cc(CN(C)CC(O)COc2c(Br)cc(Br)cc2Br)ccc1OCCN1CCCC1. The van der Waals surface area contributed by atoms with Crippen molar-refractivity contribution in [2.24, 2.45) is 0 Å². The van der Waals surface area contributed by atoms with Gasteiger partial charge in [-0.3, -0.25) is 9.80 Å². The summed E-state index contributed by atoms with van der Waals surface area (Å²) in [5.74, 6) is 2.17. The molecule has 1 fully saturated rings. The minimum Gasteiger partial charge on any atom is -0.493 e. The van der Waals surface area contributed by atoms with Crippen molar-refractivity contribution in [3.8, 4) is 17.2 Å². The normalized spacial score (nSPS) is 15.1. The molecule has 1 heterocycles. The molecule has 3 rings (SSSR count). The number of likely N-dealkylation sites (N-methyl/N-ethyl adjacent to an activating group) is 1. The van der Waals surface area contributed by atoms with Gasteiger partial charge in [0.15, 0.2) is 11.5 Å². The van der Waals surface area contributed by atoms with E-state index in [1.165, 1.54) is 25.9 Å². The van der Waals surface area contributed by atoms with Gasteiger partial charge in [-0.15, -0.1) is 0 Å². The van der Waals surface area contributed by atoms with E-state index in [9.17, 15) is 5.11 Å². The summed E-state index contributed by atoms with van der Waals surface area (Å²) in [4.78, 5) is 4.49.